The van der Waals surface area contributed by atoms with Crippen LogP contribution in [0.5, 0.6) is 0 Å². The fourth-order valence-electron chi connectivity index (χ4n) is 3.56. The number of para-hydroxylation sites is 2. The first-order chi connectivity index (χ1) is 19.0. The monoisotopic (exact) mass is 615 g/mol. The van der Waals surface area contributed by atoms with Crippen LogP contribution >= 0.6 is 0 Å². The third-order valence-corrected chi connectivity index (χ3v) is 8.42. The van der Waals surface area contributed by atoms with E-state index >= 15 is 0 Å². The second-order valence-corrected chi connectivity index (χ2v) is 13.2. The van der Waals surface area contributed by atoms with Crippen LogP contribution in [0.3, 0.4) is 0 Å². The van der Waals surface area contributed by atoms with Crippen LogP contribution in [-0.4, -0.2) is 69.5 Å². The number of hydrogen-bond donors (Lipinski definition) is 2. The number of unbranched alkanes of at least 4 members (excludes halogenated alkanes) is 1. The van der Waals surface area contributed by atoms with Gasteiger partial charge in [-0.05, 0) is 52.2 Å². The molecule has 0 aliphatic carbocycles. The molecule has 2 aromatic rings. The van der Waals surface area contributed by atoms with Crippen molar-refractivity contribution in [1.82, 2.24) is 14.3 Å². The summed E-state index contributed by atoms with van der Waals surface area (Å²) in [6, 6.07) is 9.89. The number of rotatable bonds is 15. The Bertz CT molecular complexity index is 1460. The normalized spacial score (nSPS) is 12.1. The lowest BCUT2D eigenvalue weighted by Gasteiger charge is -2.27. The van der Waals surface area contributed by atoms with Crippen molar-refractivity contribution < 1.29 is 36.2 Å². The van der Waals surface area contributed by atoms with E-state index in [1.54, 1.807) is 20.8 Å². The predicted octanol–water partition coefficient (Wildman–Crippen LogP) is 3.17. The summed E-state index contributed by atoms with van der Waals surface area (Å²) < 4.78 is 60.3. The lowest BCUT2D eigenvalue weighted by atomic mass is 10.2. The summed E-state index contributed by atoms with van der Waals surface area (Å²) in [6.07, 6.45) is 0.118. The van der Waals surface area contributed by atoms with E-state index in [2.05, 4.69) is 9.44 Å². The fraction of sp³-hybridized carbons (Fsp3) is 0.458. The minimum Gasteiger partial charge on any atom is -0.444 e. The van der Waals surface area contributed by atoms with Gasteiger partial charge in [0.25, 0.3) is 11.4 Å². The van der Waals surface area contributed by atoms with E-state index < -0.39 is 62.8 Å². The quantitative estimate of drug-likeness (QED) is 0.170. The molecule has 0 fully saturated rings. The molecule has 0 heterocycles. The minimum atomic E-state index is -4.19. The van der Waals surface area contributed by atoms with Gasteiger partial charge in [0.05, 0.1) is 9.85 Å². The van der Waals surface area contributed by atoms with Crippen molar-refractivity contribution in [2.24, 2.45) is 0 Å². The third-order valence-electron chi connectivity index (χ3n) is 5.40. The maximum atomic E-state index is 12.7. The van der Waals surface area contributed by atoms with E-state index in [9.17, 15) is 41.9 Å². The number of nitro benzene ring substituents is 2. The summed E-state index contributed by atoms with van der Waals surface area (Å²) in [5, 5.41) is 22.3. The summed E-state index contributed by atoms with van der Waals surface area (Å²) >= 11 is 0. The predicted molar refractivity (Wildman–Crippen MR) is 148 cm³/mol. The Morgan fingerprint density at radius 3 is 1.63 bits per heavy atom. The van der Waals surface area contributed by atoms with Gasteiger partial charge in [-0.25, -0.2) is 31.1 Å². The Labute approximate surface area is 238 Å². The van der Waals surface area contributed by atoms with Crippen LogP contribution in [0.15, 0.2) is 58.3 Å². The van der Waals surface area contributed by atoms with Crippen molar-refractivity contribution in [2.45, 2.75) is 55.4 Å². The highest BCUT2D eigenvalue weighted by Crippen LogP contribution is 2.23. The lowest BCUT2D eigenvalue weighted by molar-refractivity contribution is -0.388. The number of hydrogen-bond acceptors (Lipinski definition) is 10. The Morgan fingerprint density at radius 1 is 0.780 bits per heavy atom. The molecule has 15 nitrogen and oxygen atoms in total. The van der Waals surface area contributed by atoms with Gasteiger partial charge >= 0.3 is 6.09 Å². The summed E-state index contributed by atoms with van der Waals surface area (Å²) in [5.41, 5.74) is -1.91. The second kappa shape index (κ2) is 14.3. The number of carbonyl (C=O) groups is 1. The van der Waals surface area contributed by atoms with Gasteiger partial charge in [0.1, 0.15) is 5.60 Å². The van der Waals surface area contributed by atoms with Gasteiger partial charge in [0.2, 0.25) is 20.0 Å². The summed E-state index contributed by atoms with van der Waals surface area (Å²) in [4.78, 5) is 33.9. The van der Waals surface area contributed by atoms with Crippen LogP contribution in [0.2, 0.25) is 0 Å². The summed E-state index contributed by atoms with van der Waals surface area (Å²) in [5.74, 6) is 0. The first kappa shape index (κ1) is 33.5. The van der Waals surface area contributed by atoms with Gasteiger partial charge in [0, 0.05) is 38.3 Å². The number of carbonyl (C=O) groups excluding carboxylic acids is 1. The van der Waals surface area contributed by atoms with Crippen LogP contribution in [0.4, 0.5) is 16.2 Å². The average molecular weight is 616 g/mol. The molecule has 0 radical (unpaired) electrons. The van der Waals surface area contributed by atoms with E-state index in [1.807, 2.05) is 0 Å². The highest BCUT2D eigenvalue weighted by molar-refractivity contribution is 7.90. The molecule has 2 aromatic carbocycles. The number of amides is 1. The molecule has 2 rings (SSSR count). The highest BCUT2D eigenvalue weighted by Gasteiger charge is 2.27. The number of nitrogens with one attached hydrogen (secondary N) is 2. The molecule has 0 atom stereocenters. The number of ether oxygens (including phenoxy) is 1. The highest BCUT2D eigenvalue weighted by atomic mass is 32.2. The first-order valence-corrected chi connectivity index (χ1v) is 15.5. The molecule has 0 spiro atoms. The maximum Gasteiger partial charge on any atom is 0.410 e. The number of sulfonamides is 2. The van der Waals surface area contributed by atoms with Crippen LogP contribution < -0.4 is 9.44 Å². The lowest BCUT2D eigenvalue weighted by Crippen LogP contribution is -2.39. The zero-order chi connectivity index (χ0) is 30.8. The van der Waals surface area contributed by atoms with E-state index in [1.165, 1.54) is 29.2 Å². The third kappa shape index (κ3) is 10.3. The largest absolute Gasteiger partial charge is 0.444 e. The number of nitro groups is 2. The molecular formula is C24H33N5O10S2. The molecule has 0 aromatic heterocycles. The Balaban J connectivity index is 1.95. The van der Waals surface area contributed by atoms with Crippen LogP contribution in [-0.2, 0) is 24.8 Å². The fourth-order valence-corrected chi connectivity index (χ4v) is 6.05. The van der Waals surface area contributed by atoms with Gasteiger partial charge in [-0.3, -0.25) is 20.2 Å². The van der Waals surface area contributed by atoms with Crippen molar-refractivity contribution in [3.63, 3.8) is 0 Å². The van der Waals surface area contributed by atoms with E-state index in [0.29, 0.717) is 6.42 Å². The molecule has 17 heteroatoms. The molecule has 41 heavy (non-hydrogen) atoms. The van der Waals surface area contributed by atoms with E-state index in [4.69, 9.17) is 4.74 Å². The Hall–Kier alpha value is -3.67. The molecule has 0 unspecified atom stereocenters. The SMILES string of the molecule is CC(C)(C)OC(=O)N(CCCCNS(=O)(=O)c1ccccc1[N+](=O)[O-])CCCNS(=O)(=O)c1ccccc1[N+](=O)[O-]. The number of benzene rings is 2. The summed E-state index contributed by atoms with van der Waals surface area (Å²) in [6.45, 7) is 5.11. The van der Waals surface area contributed by atoms with Gasteiger partial charge in [-0.1, -0.05) is 24.3 Å². The van der Waals surface area contributed by atoms with Gasteiger partial charge in [-0.2, -0.15) is 0 Å². The van der Waals surface area contributed by atoms with Crippen LogP contribution in [0, 0.1) is 20.2 Å². The molecule has 0 aliphatic rings. The summed E-state index contributed by atoms with van der Waals surface area (Å²) in [7, 11) is -8.33. The smallest absolute Gasteiger partial charge is 0.410 e. The molecule has 226 valence electrons. The molecule has 0 saturated carbocycles. The molecule has 0 saturated heterocycles. The van der Waals surface area contributed by atoms with Gasteiger partial charge in [0.15, 0.2) is 9.79 Å². The molecule has 1 amide bonds. The standard InChI is InChI=1S/C24H33N5O10S2/c1-24(2,3)39-23(30)27(18-10-16-26-41(37,38)22-14-7-5-12-20(22)29(33)34)17-9-8-15-25-40(35,36)21-13-6-4-11-19(21)28(31)32/h4-7,11-14,25-26H,8-10,15-18H2,1-3H3. The van der Waals surface area contributed by atoms with Crippen molar-refractivity contribution in [1.29, 1.82) is 0 Å². The Kier molecular flexibility index (Phi) is 11.7. The van der Waals surface area contributed by atoms with Crippen LogP contribution in [0.25, 0.3) is 0 Å². The zero-order valence-corrected chi connectivity index (χ0v) is 24.4. The van der Waals surface area contributed by atoms with Gasteiger partial charge in [-0.15, -0.1) is 0 Å². The zero-order valence-electron chi connectivity index (χ0n) is 22.8. The average Bonchev–Trinajstić information content (AvgIpc) is 2.88. The van der Waals surface area contributed by atoms with Gasteiger partial charge < -0.3 is 9.64 Å². The first-order valence-electron chi connectivity index (χ1n) is 12.5. The molecule has 2 N–H and O–H groups in total. The second-order valence-electron chi connectivity index (χ2n) is 9.77. The van der Waals surface area contributed by atoms with Crippen molar-refractivity contribution in [3.05, 3.63) is 68.8 Å². The number of nitrogens with zero attached hydrogens (tertiary/aromatic N) is 3. The molecule has 0 aliphatic heterocycles. The minimum absolute atomic E-state index is 0.0494. The van der Waals surface area contributed by atoms with Crippen LogP contribution in [0.1, 0.15) is 40.0 Å². The Morgan fingerprint density at radius 2 is 1.20 bits per heavy atom. The van der Waals surface area contributed by atoms with E-state index in [-0.39, 0.29) is 39.0 Å². The van der Waals surface area contributed by atoms with Crippen molar-refractivity contribution in [3.8, 4) is 0 Å². The topological polar surface area (TPSA) is 208 Å². The molecular weight excluding hydrogens is 582 g/mol. The molecule has 0 bridgehead atoms. The van der Waals surface area contributed by atoms with Crippen molar-refractivity contribution in [2.75, 3.05) is 26.2 Å². The van der Waals surface area contributed by atoms with Crippen molar-refractivity contribution >= 4 is 37.5 Å². The van der Waals surface area contributed by atoms with E-state index in [0.717, 1.165) is 24.3 Å². The maximum absolute atomic E-state index is 12.7.